The molecule has 4 nitrogen and oxygen atoms in total. The Hall–Kier alpha value is -2.56. The molecule has 8 heteroatoms. The fourth-order valence-electron chi connectivity index (χ4n) is 2.56. The number of hydrogen-bond acceptors (Lipinski definition) is 3. The molecule has 0 amide bonds. The topological polar surface area (TPSA) is 53.6 Å². The van der Waals surface area contributed by atoms with Crippen molar-refractivity contribution in [3.8, 4) is 6.07 Å². The van der Waals surface area contributed by atoms with Crippen molar-refractivity contribution in [3.63, 3.8) is 0 Å². The van der Waals surface area contributed by atoms with E-state index in [0.717, 1.165) is 10.9 Å². The van der Waals surface area contributed by atoms with Crippen LogP contribution in [0.15, 0.2) is 30.5 Å². The van der Waals surface area contributed by atoms with E-state index < -0.39 is 24.1 Å². The van der Waals surface area contributed by atoms with Crippen LogP contribution in [0.2, 0.25) is 0 Å². The summed E-state index contributed by atoms with van der Waals surface area (Å²) in [5.41, 5.74) is 0.563. The Morgan fingerprint density at radius 1 is 1.27 bits per heavy atom. The number of nitriles is 1. The van der Waals surface area contributed by atoms with Crippen LogP contribution >= 0.6 is 0 Å². The van der Waals surface area contributed by atoms with Gasteiger partial charge in [-0.05, 0) is 17.7 Å². The third-order valence-corrected chi connectivity index (χ3v) is 3.63. The molecule has 1 aliphatic heterocycles. The average Bonchev–Trinajstić information content (AvgIpc) is 2.88. The van der Waals surface area contributed by atoms with E-state index in [1.165, 1.54) is 24.3 Å². The highest BCUT2D eigenvalue weighted by atomic mass is 19.4. The summed E-state index contributed by atoms with van der Waals surface area (Å²) in [6, 6.07) is 4.55. The van der Waals surface area contributed by atoms with Gasteiger partial charge in [0, 0.05) is 6.42 Å². The first-order valence-electron chi connectivity index (χ1n) is 6.46. The van der Waals surface area contributed by atoms with Crippen molar-refractivity contribution in [2.75, 3.05) is 5.32 Å². The zero-order valence-corrected chi connectivity index (χ0v) is 11.1. The van der Waals surface area contributed by atoms with Gasteiger partial charge in [0.15, 0.2) is 6.04 Å². The summed E-state index contributed by atoms with van der Waals surface area (Å²) in [5.74, 6) is -0.430. The van der Waals surface area contributed by atoms with Crippen LogP contribution in [0.1, 0.15) is 29.6 Å². The fourth-order valence-corrected chi connectivity index (χ4v) is 2.56. The smallest absolute Gasteiger partial charge is 0.362 e. The van der Waals surface area contributed by atoms with Gasteiger partial charge in [-0.3, -0.25) is 0 Å². The molecular weight excluding hydrogens is 300 g/mol. The molecular formula is C14H10F4N4. The second-order valence-corrected chi connectivity index (χ2v) is 5.00. The van der Waals surface area contributed by atoms with Crippen molar-refractivity contribution in [2.24, 2.45) is 0 Å². The van der Waals surface area contributed by atoms with E-state index in [1.54, 1.807) is 0 Å². The van der Waals surface area contributed by atoms with Gasteiger partial charge >= 0.3 is 6.18 Å². The molecule has 3 rings (SSSR count). The molecule has 114 valence electrons. The van der Waals surface area contributed by atoms with Gasteiger partial charge in [0.25, 0.3) is 0 Å². The number of halogens is 4. The molecule has 2 aromatic rings. The Bertz CT molecular complexity index is 727. The molecule has 0 saturated carbocycles. The largest absolute Gasteiger partial charge is 0.410 e. The molecule has 0 spiro atoms. The highest BCUT2D eigenvalue weighted by Crippen LogP contribution is 2.44. The number of rotatable bonds is 1. The summed E-state index contributed by atoms with van der Waals surface area (Å²) in [4.78, 5) is 0. The first-order valence-corrected chi connectivity index (χ1v) is 6.46. The van der Waals surface area contributed by atoms with Crippen LogP contribution in [0.3, 0.4) is 0 Å². The first-order chi connectivity index (χ1) is 10.4. The maximum absolute atomic E-state index is 13.3. The predicted molar refractivity (Wildman–Crippen MR) is 69.4 cm³/mol. The predicted octanol–water partition coefficient (Wildman–Crippen LogP) is 3.55. The van der Waals surface area contributed by atoms with Crippen LogP contribution in [0.25, 0.3) is 0 Å². The van der Waals surface area contributed by atoms with Crippen molar-refractivity contribution in [1.82, 2.24) is 9.78 Å². The molecule has 1 N–H and O–H groups in total. The number of benzene rings is 1. The molecule has 1 aliphatic rings. The fraction of sp³-hybridized carbons (Fsp3) is 0.286. The molecule has 2 heterocycles. The van der Waals surface area contributed by atoms with Gasteiger partial charge in [-0.25, -0.2) is 9.07 Å². The monoisotopic (exact) mass is 310 g/mol. The van der Waals surface area contributed by atoms with E-state index >= 15 is 0 Å². The van der Waals surface area contributed by atoms with Crippen molar-refractivity contribution in [1.29, 1.82) is 5.26 Å². The Kier molecular flexibility index (Phi) is 3.28. The van der Waals surface area contributed by atoms with Crippen molar-refractivity contribution in [2.45, 2.75) is 24.7 Å². The molecule has 2 atom stereocenters. The second kappa shape index (κ2) is 5.02. The van der Waals surface area contributed by atoms with E-state index in [0.29, 0.717) is 5.56 Å². The Morgan fingerprint density at radius 2 is 1.95 bits per heavy atom. The molecule has 22 heavy (non-hydrogen) atoms. The molecule has 1 aromatic carbocycles. The summed E-state index contributed by atoms with van der Waals surface area (Å²) in [5, 5.41) is 15.5. The number of anilines is 1. The van der Waals surface area contributed by atoms with Crippen LogP contribution in [0.5, 0.6) is 0 Å². The molecule has 0 saturated heterocycles. The van der Waals surface area contributed by atoms with Crippen LogP contribution in [0, 0.1) is 17.1 Å². The normalized spacial score (nSPS) is 20.9. The van der Waals surface area contributed by atoms with Gasteiger partial charge in [0.2, 0.25) is 0 Å². The Morgan fingerprint density at radius 3 is 2.55 bits per heavy atom. The van der Waals surface area contributed by atoms with Crippen molar-refractivity contribution >= 4 is 5.82 Å². The van der Waals surface area contributed by atoms with E-state index in [9.17, 15) is 17.6 Å². The molecule has 0 aliphatic carbocycles. The average molecular weight is 310 g/mol. The van der Waals surface area contributed by atoms with Gasteiger partial charge in [0.1, 0.15) is 23.3 Å². The van der Waals surface area contributed by atoms with Crippen LogP contribution in [-0.4, -0.2) is 16.0 Å². The highest BCUT2D eigenvalue weighted by Gasteiger charge is 2.46. The lowest BCUT2D eigenvalue weighted by Gasteiger charge is -2.33. The SMILES string of the molecule is N#Cc1cnn2c1NC(c1ccc(F)cc1)CC2C(F)(F)F. The Balaban J connectivity index is 2.03. The minimum atomic E-state index is -4.49. The summed E-state index contributed by atoms with van der Waals surface area (Å²) in [6.45, 7) is 0. The quantitative estimate of drug-likeness (QED) is 0.820. The zero-order valence-electron chi connectivity index (χ0n) is 11.1. The van der Waals surface area contributed by atoms with E-state index in [2.05, 4.69) is 10.4 Å². The number of hydrogen-bond donors (Lipinski definition) is 1. The zero-order chi connectivity index (χ0) is 15.9. The van der Waals surface area contributed by atoms with Gasteiger partial charge in [-0.2, -0.15) is 23.5 Å². The maximum atomic E-state index is 13.3. The number of nitrogens with zero attached hydrogens (tertiary/aromatic N) is 3. The van der Waals surface area contributed by atoms with Crippen LogP contribution in [0.4, 0.5) is 23.4 Å². The lowest BCUT2D eigenvalue weighted by atomic mass is 9.96. The van der Waals surface area contributed by atoms with E-state index in [1.807, 2.05) is 6.07 Å². The molecule has 0 fully saturated rings. The number of aromatic nitrogens is 2. The van der Waals surface area contributed by atoms with Gasteiger partial charge in [0.05, 0.1) is 12.2 Å². The third-order valence-electron chi connectivity index (χ3n) is 3.63. The minimum absolute atomic E-state index is 0.0328. The number of alkyl halides is 3. The number of fused-ring (bicyclic) bond motifs is 1. The molecule has 0 bridgehead atoms. The second-order valence-electron chi connectivity index (χ2n) is 5.00. The summed E-state index contributed by atoms with van der Waals surface area (Å²) in [7, 11) is 0. The van der Waals surface area contributed by atoms with Gasteiger partial charge < -0.3 is 5.32 Å². The lowest BCUT2D eigenvalue weighted by Crippen LogP contribution is -2.35. The van der Waals surface area contributed by atoms with Crippen LogP contribution < -0.4 is 5.32 Å². The van der Waals surface area contributed by atoms with E-state index in [-0.39, 0.29) is 17.8 Å². The summed E-state index contributed by atoms with van der Waals surface area (Å²) >= 11 is 0. The van der Waals surface area contributed by atoms with Crippen molar-refractivity contribution < 1.29 is 17.6 Å². The first kappa shape index (κ1) is 14.4. The van der Waals surface area contributed by atoms with Crippen LogP contribution in [-0.2, 0) is 0 Å². The number of nitrogens with one attached hydrogen (secondary N) is 1. The molecule has 1 aromatic heterocycles. The third kappa shape index (κ3) is 2.39. The minimum Gasteiger partial charge on any atom is -0.362 e. The van der Waals surface area contributed by atoms with Gasteiger partial charge in [-0.1, -0.05) is 12.1 Å². The van der Waals surface area contributed by atoms with E-state index in [4.69, 9.17) is 5.26 Å². The van der Waals surface area contributed by atoms with Crippen molar-refractivity contribution in [3.05, 3.63) is 47.4 Å². The molecule has 0 radical (unpaired) electrons. The standard InChI is InChI=1S/C14H10F4N4/c15-10-3-1-8(2-4-10)11-5-12(14(16,17)18)22-13(21-11)9(6-19)7-20-22/h1-4,7,11-12,21H,5H2. The molecule has 2 unspecified atom stereocenters. The summed E-state index contributed by atoms with van der Waals surface area (Å²) < 4.78 is 53.5. The lowest BCUT2D eigenvalue weighted by molar-refractivity contribution is -0.173. The van der Waals surface area contributed by atoms with Gasteiger partial charge in [-0.15, -0.1) is 0 Å². The Labute approximate surface area is 123 Å². The highest BCUT2D eigenvalue weighted by molar-refractivity contribution is 5.54. The maximum Gasteiger partial charge on any atom is 0.410 e. The summed E-state index contributed by atoms with van der Waals surface area (Å²) in [6.07, 6.45) is -3.67.